The van der Waals surface area contributed by atoms with Gasteiger partial charge in [-0.05, 0) is 31.0 Å². The van der Waals surface area contributed by atoms with Crippen molar-refractivity contribution in [1.82, 2.24) is 10.0 Å². The molecule has 1 aromatic carbocycles. The lowest BCUT2D eigenvalue weighted by Crippen LogP contribution is -2.50. The van der Waals surface area contributed by atoms with E-state index >= 15 is 0 Å². The number of carbonyl (C=O) groups excluding carboxylic acids is 1. The Morgan fingerprint density at radius 3 is 2.85 bits per heavy atom. The summed E-state index contributed by atoms with van der Waals surface area (Å²) in [6.07, 6.45) is 1.13. The number of nitriles is 1. The first-order valence-electron chi connectivity index (χ1n) is 5.94. The number of hydrogen-bond donors (Lipinski definition) is 2. The van der Waals surface area contributed by atoms with Crippen LogP contribution in [0, 0.1) is 11.3 Å². The largest absolute Gasteiger partial charge is 0.355 e. The van der Waals surface area contributed by atoms with Gasteiger partial charge in [-0.3, -0.25) is 4.79 Å². The fourth-order valence-corrected chi connectivity index (χ4v) is 3.67. The number of amides is 1. The van der Waals surface area contributed by atoms with Gasteiger partial charge in [-0.25, -0.2) is 8.42 Å². The van der Waals surface area contributed by atoms with Crippen molar-refractivity contribution in [3.63, 3.8) is 0 Å². The van der Waals surface area contributed by atoms with Crippen LogP contribution in [-0.4, -0.2) is 26.9 Å². The lowest BCUT2D eigenvalue weighted by molar-refractivity contribution is -0.124. The second-order valence-electron chi connectivity index (χ2n) is 4.36. The van der Waals surface area contributed by atoms with E-state index in [4.69, 9.17) is 16.9 Å². The quantitative estimate of drug-likeness (QED) is 0.861. The zero-order chi connectivity index (χ0) is 14.8. The van der Waals surface area contributed by atoms with Gasteiger partial charge in [0, 0.05) is 6.54 Å². The molecule has 1 atom stereocenters. The van der Waals surface area contributed by atoms with Crippen molar-refractivity contribution in [2.24, 2.45) is 0 Å². The van der Waals surface area contributed by atoms with Crippen LogP contribution >= 0.6 is 11.6 Å². The van der Waals surface area contributed by atoms with Crippen LogP contribution in [0.3, 0.4) is 0 Å². The highest BCUT2D eigenvalue weighted by molar-refractivity contribution is 7.89. The first kappa shape index (κ1) is 14.8. The molecular formula is C12H12ClN3O3S. The molecular weight excluding hydrogens is 302 g/mol. The number of nitrogens with one attached hydrogen (secondary N) is 2. The normalized spacial score (nSPS) is 19.2. The minimum atomic E-state index is -3.95. The second kappa shape index (κ2) is 5.79. The van der Waals surface area contributed by atoms with E-state index in [-0.39, 0.29) is 21.4 Å². The summed E-state index contributed by atoms with van der Waals surface area (Å²) >= 11 is 5.86. The standard InChI is InChI=1S/C12H12ClN3O3S/c13-9-4-3-8(7-14)6-11(9)20(18,19)16-10-2-1-5-15-12(10)17/h3-4,6,10,16H,1-2,5H2,(H,15,17). The molecule has 1 unspecified atom stereocenters. The number of rotatable bonds is 3. The minimum Gasteiger partial charge on any atom is -0.355 e. The summed E-state index contributed by atoms with van der Waals surface area (Å²) in [6, 6.07) is 4.99. The van der Waals surface area contributed by atoms with Crippen LogP contribution in [0.4, 0.5) is 0 Å². The number of benzene rings is 1. The highest BCUT2D eigenvalue weighted by Gasteiger charge is 2.29. The van der Waals surface area contributed by atoms with Gasteiger partial charge < -0.3 is 5.32 Å². The van der Waals surface area contributed by atoms with Gasteiger partial charge >= 0.3 is 0 Å². The van der Waals surface area contributed by atoms with E-state index in [9.17, 15) is 13.2 Å². The fraction of sp³-hybridized carbons (Fsp3) is 0.333. The number of hydrogen-bond acceptors (Lipinski definition) is 4. The van der Waals surface area contributed by atoms with Crippen LogP contribution < -0.4 is 10.0 Å². The summed E-state index contributed by atoms with van der Waals surface area (Å²) in [5, 5.41) is 11.4. The molecule has 106 valence electrons. The first-order chi connectivity index (χ1) is 9.44. The van der Waals surface area contributed by atoms with Crippen molar-refractivity contribution in [1.29, 1.82) is 5.26 Å². The van der Waals surface area contributed by atoms with Crippen molar-refractivity contribution >= 4 is 27.5 Å². The molecule has 1 saturated heterocycles. The van der Waals surface area contributed by atoms with Crippen molar-refractivity contribution in [3.05, 3.63) is 28.8 Å². The molecule has 1 aromatic rings. The Kier molecular flexibility index (Phi) is 4.28. The molecule has 0 spiro atoms. The maximum atomic E-state index is 12.2. The van der Waals surface area contributed by atoms with Crippen LogP contribution in [0.5, 0.6) is 0 Å². The SMILES string of the molecule is N#Cc1ccc(Cl)c(S(=O)(=O)NC2CCCNC2=O)c1. The highest BCUT2D eigenvalue weighted by atomic mass is 35.5. The van der Waals surface area contributed by atoms with E-state index in [1.54, 1.807) is 0 Å². The fourth-order valence-electron chi connectivity index (χ4n) is 1.91. The topological polar surface area (TPSA) is 99.1 Å². The first-order valence-corrected chi connectivity index (χ1v) is 7.80. The van der Waals surface area contributed by atoms with Gasteiger partial charge in [0.15, 0.2) is 0 Å². The average Bonchev–Trinajstić information content (AvgIpc) is 2.41. The molecule has 1 heterocycles. The van der Waals surface area contributed by atoms with Gasteiger partial charge in [-0.1, -0.05) is 11.6 Å². The Balaban J connectivity index is 2.31. The van der Waals surface area contributed by atoms with E-state index in [1.165, 1.54) is 18.2 Å². The highest BCUT2D eigenvalue weighted by Crippen LogP contribution is 2.23. The minimum absolute atomic E-state index is 0.00715. The molecule has 2 rings (SSSR count). The zero-order valence-electron chi connectivity index (χ0n) is 10.4. The maximum absolute atomic E-state index is 12.2. The van der Waals surface area contributed by atoms with Crippen molar-refractivity contribution in [3.8, 4) is 6.07 Å². The van der Waals surface area contributed by atoms with E-state index in [0.29, 0.717) is 19.4 Å². The molecule has 1 fully saturated rings. The smallest absolute Gasteiger partial charge is 0.242 e. The predicted molar refractivity (Wildman–Crippen MR) is 72.5 cm³/mol. The van der Waals surface area contributed by atoms with E-state index in [0.717, 1.165) is 0 Å². The molecule has 0 bridgehead atoms. The monoisotopic (exact) mass is 313 g/mol. The van der Waals surface area contributed by atoms with Gasteiger partial charge in [0.05, 0.1) is 16.7 Å². The predicted octanol–water partition coefficient (Wildman–Crippen LogP) is 0.769. The summed E-state index contributed by atoms with van der Waals surface area (Å²) in [6.45, 7) is 0.543. The third-order valence-electron chi connectivity index (χ3n) is 2.93. The Labute approximate surface area is 121 Å². The van der Waals surface area contributed by atoms with Crippen LogP contribution in [0.25, 0.3) is 0 Å². The Morgan fingerprint density at radius 2 is 2.20 bits per heavy atom. The molecule has 2 N–H and O–H groups in total. The lowest BCUT2D eigenvalue weighted by atomic mass is 10.1. The molecule has 8 heteroatoms. The molecule has 1 amide bonds. The maximum Gasteiger partial charge on any atom is 0.242 e. The van der Waals surface area contributed by atoms with E-state index in [1.807, 2.05) is 6.07 Å². The summed E-state index contributed by atoms with van der Waals surface area (Å²) < 4.78 is 26.8. The van der Waals surface area contributed by atoms with Gasteiger partial charge in [0.2, 0.25) is 15.9 Å². The molecule has 0 aromatic heterocycles. The number of halogens is 1. The molecule has 0 radical (unpaired) electrons. The van der Waals surface area contributed by atoms with Crippen molar-refractivity contribution < 1.29 is 13.2 Å². The second-order valence-corrected chi connectivity index (χ2v) is 6.45. The Morgan fingerprint density at radius 1 is 1.45 bits per heavy atom. The number of carbonyl (C=O) groups is 1. The summed E-state index contributed by atoms with van der Waals surface area (Å²) in [5.74, 6) is -0.354. The molecule has 20 heavy (non-hydrogen) atoms. The van der Waals surface area contributed by atoms with Gasteiger partial charge in [-0.15, -0.1) is 0 Å². The van der Waals surface area contributed by atoms with Gasteiger partial charge in [0.1, 0.15) is 10.9 Å². The van der Waals surface area contributed by atoms with Crippen LogP contribution in [0.2, 0.25) is 5.02 Å². The van der Waals surface area contributed by atoms with Crippen molar-refractivity contribution in [2.75, 3.05) is 6.54 Å². The summed E-state index contributed by atoms with van der Waals surface area (Å²) in [7, 11) is -3.95. The van der Waals surface area contributed by atoms with Crippen molar-refractivity contribution in [2.45, 2.75) is 23.8 Å². The molecule has 1 aliphatic heterocycles. The summed E-state index contributed by atoms with van der Waals surface area (Å²) in [4.78, 5) is 11.4. The van der Waals surface area contributed by atoms with Crippen LogP contribution in [-0.2, 0) is 14.8 Å². The molecule has 1 aliphatic rings. The number of piperidine rings is 1. The van der Waals surface area contributed by atoms with Crippen LogP contribution in [0.15, 0.2) is 23.1 Å². The van der Waals surface area contributed by atoms with E-state index in [2.05, 4.69) is 10.0 Å². The van der Waals surface area contributed by atoms with Gasteiger partial charge in [-0.2, -0.15) is 9.98 Å². The van der Waals surface area contributed by atoms with Gasteiger partial charge in [0.25, 0.3) is 0 Å². The average molecular weight is 314 g/mol. The number of sulfonamides is 1. The third-order valence-corrected chi connectivity index (χ3v) is 4.89. The zero-order valence-corrected chi connectivity index (χ0v) is 12.0. The molecule has 0 aliphatic carbocycles. The Hall–Kier alpha value is -1.62. The molecule has 6 nitrogen and oxygen atoms in total. The summed E-state index contributed by atoms with van der Waals surface area (Å²) in [5.41, 5.74) is 0.183. The third kappa shape index (κ3) is 3.10. The van der Waals surface area contributed by atoms with Crippen LogP contribution in [0.1, 0.15) is 18.4 Å². The number of nitrogens with zero attached hydrogens (tertiary/aromatic N) is 1. The Bertz CT molecular complexity index is 682. The lowest BCUT2D eigenvalue weighted by Gasteiger charge is -2.22. The molecule has 0 saturated carbocycles. The van der Waals surface area contributed by atoms with E-state index < -0.39 is 16.1 Å².